The average molecular weight is 460 g/mol. The van der Waals surface area contributed by atoms with Gasteiger partial charge in [-0.05, 0) is 37.1 Å². The number of carbonyl (C=O) groups is 1. The molecule has 1 aromatic carbocycles. The number of benzene rings is 1. The van der Waals surface area contributed by atoms with Crippen LogP contribution in [0.1, 0.15) is 18.9 Å². The van der Waals surface area contributed by atoms with Crippen molar-refractivity contribution in [1.82, 2.24) is 15.5 Å². The number of likely N-dealkylation sites (N-methyl/N-ethyl adjacent to an activating group) is 1. The van der Waals surface area contributed by atoms with Gasteiger partial charge < -0.3 is 30.1 Å². The summed E-state index contributed by atoms with van der Waals surface area (Å²) in [4.78, 5) is 13.3. The van der Waals surface area contributed by atoms with Gasteiger partial charge in [-0.3, -0.25) is 4.79 Å². The third-order valence-electron chi connectivity index (χ3n) is 4.43. The van der Waals surface area contributed by atoms with E-state index in [4.69, 9.17) is 9.47 Å². The fourth-order valence-corrected chi connectivity index (χ4v) is 3.45. The maximum absolute atomic E-state index is 11.9. The molecule has 3 N–H and O–H groups in total. The SMILES string of the molecule is C/C(=C\C=CC/C(=C/O)C(=O)N(C)C)NC1=NS(=O)N=C1NCc1ccc2c(c1)OCO2. The highest BCUT2D eigenvalue weighted by molar-refractivity contribution is 7.83. The minimum absolute atomic E-state index is 0.211. The summed E-state index contributed by atoms with van der Waals surface area (Å²) in [7, 11) is 3.24. The first kappa shape index (κ1) is 23.1. The van der Waals surface area contributed by atoms with Gasteiger partial charge in [0.1, 0.15) is 0 Å². The van der Waals surface area contributed by atoms with Gasteiger partial charge >= 0.3 is 0 Å². The molecule has 0 aromatic heterocycles. The number of amides is 1. The number of nitrogens with zero attached hydrogens (tertiary/aromatic N) is 3. The number of amidine groups is 2. The first-order chi connectivity index (χ1) is 15.4. The van der Waals surface area contributed by atoms with Gasteiger partial charge in [-0.25, -0.2) is 4.21 Å². The zero-order valence-corrected chi connectivity index (χ0v) is 18.8. The van der Waals surface area contributed by atoms with E-state index >= 15 is 0 Å². The van der Waals surface area contributed by atoms with Crippen LogP contribution in [0, 0.1) is 0 Å². The molecule has 1 atom stereocenters. The Bertz CT molecular complexity index is 1060. The van der Waals surface area contributed by atoms with E-state index in [2.05, 4.69) is 19.4 Å². The predicted octanol–water partition coefficient (Wildman–Crippen LogP) is 1.86. The van der Waals surface area contributed by atoms with E-state index in [0.29, 0.717) is 29.7 Å². The molecule has 11 heteroatoms. The second kappa shape index (κ2) is 10.6. The number of aliphatic hydroxyl groups excluding tert-OH is 1. The van der Waals surface area contributed by atoms with Crippen LogP contribution in [0.4, 0.5) is 0 Å². The molecular weight excluding hydrogens is 434 g/mol. The Kier molecular flexibility index (Phi) is 7.66. The number of carbonyl (C=O) groups excluding carboxylic acids is 1. The van der Waals surface area contributed by atoms with E-state index in [1.54, 1.807) is 32.3 Å². The highest BCUT2D eigenvalue weighted by Gasteiger charge is 2.19. The molecule has 2 heterocycles. The van der Waals surface area contributed by atoms with Crippen molar-refractivity contribution in [2.75, 3.05) is 20.9 Å². The number of hydrogen-bond acceptors (Lipinski definition) is 7. The molecule has 0 bridgehead atoms. The Morgan fingerprint density at radius 2 is 2.00 bits per heavy atom. The van der Waals surface area contributed by atoms with Gasteiger partial charge in [0.2, 0.25) is 6.79 Å². The van der Waals surface area contributed by atoms with Gasteiger partial charge in [0.15, 0.2) is 23.2 Å². The number of allylic oxidation sites excluding steroid dienone is 4. The fourth-order valence-electron chi connectivity index (χ4n) is 2.82. The number of ether oxygens (including phenoxy) is 2. The lowest BCUT2D eigenvalue weighted by molar-refractivity contribution is -0.124. The van der Waals surface area contributed by atoms with Crippen molar-refractivity contribution in [2.24, 2.45) is 8.80 Å². The number of nitrogens with one attached hydrogen (secondary N) is 2. The molecule has 10 nitrogen and oxygen atoms in total. The number of fused-ring (bicyclic) bond motifs is 1. The van der Waals surface area contributed by atoms with Crippen LogP contribution < -0.4 is 20.1 Å². The van der Waals surface area contributed by atoms with Crippen molar-refractivity contribution >= 4 is 28.8 Å². The summed E-state index contributed by atoms with van der Waals surface area (Å²) in [6, 6.07) is 5.62. The summed E-state index contributed by atoms with van der Waals surface area (Å²) in [6.45, 7) is 2.46. The van der Waals surface area contributed by atoms with Crippen LogP contribution >= 0.6 is 0 Å². The standard InChI is InChI=1S/C21H25N5O5S/c1-14(6-4-5-7-16(12-27)21(28)26(2)3)23-20-19(24-32(29)25-20)22-11-15-8-9-17-18(10-15)31-13-30-17/h4-6,8-10,12,27H,7,11,13H2,1-3H3,(H,22,24)(H,23,25)/b5-4?,14-6+,16-12-. The maximum Gasteiger partial charge on any atom is 0.269 e. The summed E-state index contributed by atoms with van der Waals surface area (Å²) in [6.07, 6.45) is 6.37. The summed E-state index contributed by atoms with van der Waals surface area (Å²) in [5.74, 6) is 1.89. The van der Waals surface area contributed by atoms with Gasteiger partial charge in [0.25, 0.3) is 17.1 Å². The van der Waals surface area contributed by atoms with Crippen LogP contribution in [-0.2, 0) is 22.5 Å². The molecular formula is C21H25N5O5S. The molecule has 0 spiro atoms. The molecule has 0 aliphatic carbocycles. The monoisotopic (exact) mass is 459 g/mol. The molecule has 3 rings (SSSR count). The van der Waals surface area contributed by atoms with Crippen molar-refractivity contribution in [3.8, 4) is 11.5 Å². The normalized spacial score (nSPS) is 17.9. The second-order valence-electron chi connectivity index (χ2n) is 7.11. The summed E-state index contributed by atoms with van der Waals surface area (Å²) < 4.78 is 30.5. The third-order valence-corrected chi connectivity index (χ3v) is 5.11. The lowest BCUT2D eigenvalue weighted by atomic mass is 10.1. The van der Waals surface area contributed by atoms with Crippen molar-refractivity contribution in [2.45, 2.75) is 19.9 Å². The third kappa shape index (κ3) is 5.97. The van der Waals surface area contributed by atoms with Crippen LogP contribution in [0.2, 0.25) is 0 Å². The first-order valence-corrected chi connectivity index (χ1v) is 10.8. The lowest BCUT2D eigenvalue weighted by Gasteiger charge is -2.11. The molecule has 32 heavy (non-hydrogen) atoms. The Morgan fingerprint density at radius 3 is 2.75 bits per heavy atom. The maximum atomic E-state index is 11.9. The average Bonchev–Trinajstić information content (AvgIpc) is 3.37. The second-order valence-corrected chi connectivity index (χ2v) is 7.94. The van der Waals surface area contributed by atoms with Crippen LogP contribution in [0.5, 0.6) is 11.5 Å². The van der Waals surface area contributed by atoms with E-state index in [1.807, 2.05) is 25.1 Å². The number of hydrogen-bond donors (Lipinski definition) is 3. The van der Waals surface area contributed by atoms with Gasteiger partial charge in [-0.2, -0.15) is 0 Å². The van der Waals surface area contributed by atoms with Crippen LogP contribution in [0.15, 0.2) is 62.8 Å². The highest BCUT2D eigenvalue weighted by Crippen LogP contribution is 2.32. The van der Waals surface area contributed by atoms with Crippen molar-refractivity contribution in [3.05, 3.63) is 59.5 Å². The van der Waals surface area contributed by atoms with E-state index < -0.39 is 11.2 Å². The van der Waals surface area contributed by atoms with Crippen LogP contribution in [0.3, 0.4) is 0 Å². The molecule has 1 unspecified atom stereocenters. The molecule has 1 amide bonds. The van der Waals surface area contributed by atoms with Gasteiger partial charge in [-0.1, -0.05) is 18.2 Å². The molecule has 1 aromatic rings. The minimum Gasteiger partial charge on any atom is -0.515 e. The zero-order chi connectivity index (χ0) is 23.1. The number of rotatable bonds is 7. The summed E-state index contributed by atoms with van der Waals surface area (Å²) >= 11 is -1.70. The topological polar surface area (TPSA) is 125 Å². The smallest absolute Gasteiger partial charge is 0.269 e. The molecule has 0 saturated heterocycles. The van der Waals surface area contributed by atoms with Crippen molar-refractivity contribution < 1.29 is 23.6 Å². The van der Waals surface area contributed by atoms with E-state index in [9.17, 15) is 14.1 Å². The molecule has 0 radical (unpaired) electrons. The molecule has 170 valence electrons. The molecule has 2 aliphatic heterocycles. The van der Waals surface area contributed by atoms with Gasteiger partial charge in [0.05, 0.1) is 11.8 Å². The highest BCUT2D eigenvalue weighted by atomic mass is 32.2. The molecule has 0 fully saturated rings. The van der Waals surface area contributed by atoms with E-state index in [1.165, 1.54) is 4.90 Å². The predicted molar refractivity (Wildman–Crippen MR) is 122 cm³/mol. The fraction of sp³-hybridized carbons (Fsp3) is 0.286. The first-order valence-electron chi connectivity index (χ1n) is 9.75. The van der Waals surface area contributed by atoms with Gasteiger partial charge in [-0.15, -0.1) is 8.80 Å². The van der Waals surface area contributed by atoms with Gasteiger partial charge in [0, 0.05) is 26.3 Å². The Labute approximate surface area is 188 Å². The van der Waals surface area contributed by atoms with Crippen LogP contribution in [0.25, 0.3) is 0 Å². The van der Waals surface area contributed by atoms with E-state index in [0.717, 1.165) is 17.5 Å². The Hall–Kier alpha value is -3.60. The largest absolute Gasteiger partial charge is 0.515 e. The summed E-state index contributed by atoms with van der Waals surface area (Å²) in [5.41, 5.74) is 1.96. The lowest BCUT2D eigenvalue weighted by Crippen LogP contribution is -2.37. The van der Waals surface area contributed by atoms with Crippen molar-refractivity contribution in [1.29, 1.82) is 0 Å². The van der Waals surface area contributed by atoms with Crippen LogP contribution in [-0.4, -0.2) is 52.7 Å². The van der Waals surface area contributed by atoms with E-state index in [-0.39, 0.29) is 24.7 Å². The summed E-state index contributed by atoms with van der Waals surface area (Å²) in [5, 5.41) is 15.4. The zero-order valence-electron chi connectivity index (χ0n) is 18.0. The molecule has 0 saturated carbocycles. The minimum atomic E-state index is -1.70. The number of aliphatic hydroxyl groups is 1. The Balaban J connectivity index is 1.55. The Morgan fingerprint density at radius 1 is 1.25 bits per heavy atom. The van der Waals surface area contributed by atoms with Crippen molar-refractivity contribution in [3.63, 3.8) is 0 Å². The molecule has 2 aliphatic rings. The quantitative estimate of drug-likeness (QED) is 0.323.